The molecule has 0 spiro atoms. The summed E-state index contributed by atoms with van der Waals surface area (Å²) < 4.78 is 10.4. The number of aliphatic hydroxyl groups excluding tert-OH is 1. The Morgan fingerprint density at radius 1 is 1.45 bits per heavy atom. The molecule has 1 atom stereocenters. The fourth-order valence-corrected chi connectivity index (χ4v) is 1.63. The quantitative estimate of drug-likeness (QED) is 0.521. The van der Waals surface area contributed by atoms with Gasteiger partial charge in [0, 0.05) is 19.2 Å². The van der Waals surface area contributed by atoms with Gasteiger partial charge in [0.2, 0.25) is 0 Å². The van der Waals surface area contributed by atoms with Gasteiger partial charge in [-0.15, -0.1) is 0 Å². The van der Waals surface area contributed by atoms with Crippen LogP contribution in [0.2, 0.25) is 0 Å². The molecule has 20 heavy (non-hydrogen) atoms. The van der Waals surface area contributed by atoms with Gasteiger partial charge in [-0.05, 0) is 25.6 Å². The average molecular weight is 284 g/mol. The highest BCUT2D eigenvalue weighted by Crippen LogP contribution is 2.28. The van der Waals surface area contributed by atoms with Crippen molar-refractivity contribution >= 4 is 5.69 Å². The summed E-state index contributed by atoms with van der Waals surface area (Å²) >= 11 is 0. The van der Waals surface area contributed by atoms with Gasteiger partial charge in [-0.2, -0.15) is 0 Å². The summed E-state index contributed by atoms with van der Waals surface area (Å²) in [6, 6.07) is 4.66. The van der Waals surface area contributed by atoms with Crippen LogP contribution in [0.1, 0.15) is 12.5 Å². The van der Waals surface area contributed by atoms with Crippen molar-refractivity contribution < 1.29 is 19.5 Å². The highest BCUT2D eigenvalue weighted by atomic mass is 16.6. The monoisotopic (exact) mass is 284 g/mol. The van der Waals surface area contributed by atoms with E-state index in [1.807, 2.05) is 6.92 Å². The van der Waals surface area contributed by atoms with Crippen molar-refractivity contribution in [2.45, 2.75) is 19.6 Å². The lowest BCUT2D eigenvalue weighted by Gasteiger charge is -2.13. The Morgan fingerprint density at radius 3 is 2.80 bits per heavy atom. The second-order valence-electron chi connectivity index (χ2n) is 4.21. The van der Waals surface area contributed by atoms with E-state index in [0.717, 1.165) is 5.56 Å². The molecule has 1 aromatic carbocycles. The van der Waals surface area contributed by atoms with E-state index >= 15 is 0 Å². The van der Waals surface area contributed by atoms with Gasteiger partial charge in [-0.25, -0.2) is 0 Å². The van der Waals surface area contributed by atoms with Crippen molar-refractivity contribution in [1.82, 2.24) is 5.32 Å². The molecule has 7 nitrogen and oxygen atoms in total. The first kappa shape index (κ1) is 16.4. The van der Waals surface area contributed by atoms with Crippen LogP contribution in [0.15, 0.2) is 18.2 Å². The van der Waals surface area contributed by atoms with Crippen molar-refractivity contribution in [3.05, 3.63) is 33.9 Å². The van der Waals surface area contributed by atoms with Gasteiger partial charge in [0.15, 0.2) is 5.75 Å². The molecule has 0 aliphatic rings. The predicted molar refractivity (Wildman–Crippen MR) is 73.9 cm³/mol. The second-order valence-corrected chi connectivity index (χ2v) is 4.21. The molecular formula is C13H20N2O5. The van der Waals surface area contributed by atoms with Gasteiger partial charge in [0.05, 0.1) is 11.5 Å². The van der Waals surface area contributed by atoms with Gasteiger partial charge < -0.3 is 19.9 Å². The summed E-state index contributed by atoms with van der Waals surface area (Å²) in [6.07, 6.45) is -0.817. The maximum absolute atomic E-state index is 10.9. The number of ether oxygens (including phenoxy) is 2. The third-order valence-corrected chi connectivity index (χ3v) is 2.55. The highest BCUT2D eigenvalue weighted by Gasteiger charge is 2.17. The molecule has 112 valence electrons. The first-order valence-electron chi connectivity index (χ1n) is 6.39. The smallest absolute Gasteiger partial charge is 0.310 e. The topological polar surface area (TPSA) is 93.9 Å². The van der Waals surface area contributed by atoms with Crippen molar-refractivity contribution in [3.8, 4) is 5.75 Å². The summed E-state index contributed by atoms with van der Waals surface area (Å²) in [5, 5.41) is 23.5. The Bertz CT molecular complexity index is 439. The highest BCUT2D eigenvalue weighted by molar-refractivity contribution is 5.48. The Morgan fingerprint density at radius 2 is 2.20 bits per heavy atom. The Hall–Kier alpha value is -1.70. The number of hydrogen-bond acceptors (Lipinski definition) is 6. The fraction of sp³-hybridized carbons (Fsp3) is 0.538. The fourth-order valence-electron chi connectivity index (χ4n) is 1.63. The van der Waals surface area contributed by atoms with Crippen LogP contribution in [0.3, 0.4) is 0 Å². The van der Waals surface area contributed by atoms with E-state index in [9.17, 15) is 15.2 Å². The van der Waals surface area contributed by atoms with E-state index in [2.05, 4.69) is 5.32 Å². The summed E-state index contributed by atoms with van der Waals surface area (Å²) in [6.45, 7) is 2.98. The lowest BCUT2D eigenvalue weighted by atomic mass is 10.2. The minimum Gasteiger partial charge on any atom is -0.484 e. The normalized spacial score (nSPS) is 12.2. The van der Waals surface area contributed by atoms with Crippen molar-refractivity contribution in [3.63, 3.8) is 0 Å². The van der Waals surface area contributed by atoms with E-state index in [1.54, 1.807) is 19.2 Å². The molecule has 1 rings (SSSR count). The number of rotatable bonds is 9. The van der Waals surface area contributed by atoms with Crippen LogP contribution >= 0.6 is 0 Å². The molecule has 7 heteroatoms. The SMILES string of the molecule is CCOCC(O)COc1cc(CNC)ccc1[N+](=O)[O-]. The predicted octanol–water partition coefficient (Wildman–Crippen LogP) is 1.09. The molecule has 0 bridgehead atoms. The molecule has 1 aromatic rings. The molecule has 0 saturated heterocycles. The number of nitrogens with zero attached hydrogens (tertiary/aromatic N) is 1. The first-order valence-corrected chi connectivity index (χ1v) is 6.39. The van der Waals surface area contributed by atoms with E-state index < -0.39 is 11.0 Å². The average Bonchev–Trinajstić information content (AvgIpc) is 2.43. The van der Waals surface area contributed by atoms with Crippen LogP contribution in [0.5, 0.6) is 5.75 Å². The third-order valence-electron chi connectivity index (χ3n) is 2.55. The van der Waals surface area contributed by atoms with Crippen LogP contribution in [-0.4, -0.2) is 43.0 Å². The number of hydrogen-bond donors (Lipinski definition) is 2. The van der Waals surface area contributed by atoms with Crippen LogP contribution in [0.25, 0.3) is 0 Å². The van der Waals surface area contributed by atoms with E-state index in [0.29, 0.717) is 13.2 Å². The Labute approximate surface area is 117 Å². The molecule has 0 saturated carbocycles. The van der Waals surface area contributed by atoms with E-state index in [-0.39, 0.29) is 24.7 Å². The van der Waals surface area contributed by atoms with Crippen LogP contribution in [0, 0.1) is 10.1 Å². The summed E-state index contributed by atoms with van der Waals surface area (Å²) in [5.74, 6) is 0.151. The first-order chi connectivity index (χ1) is 9.58. The molecule has 0 aromatic heterocycles. The maximum atomic E-state index is 10.9. The number of nitro groups is 1. The van der Waals surface area contributed by atoms with Gasteiger partial charge in [-0.3, -0.25) is 10.1 Å². The molecule has 0 aliphatic heterocycles. The number of nitrogens with one attached hydrogen (secondary N) is 1. The van der Waals surface area contributed by atoms with E-state index in [4.69, 9.17) is 9.47 Å². The van der Waals surface area contributed by atoms with Crippen molar-refractivity contribution in [2.75, 3.05) is 26.9 Å². The maximum Gasteiger partial charge on any atom is 0.310 e. The second kappa shape index (κ2) is 8.47. The zero-order valence-corrected chi connectivity index (χ0v) is 11.7. The standard InChI is InChI=1S/C13H20N2O5/c1-3-19-8-11(16)9-20-13-6-10(7-14-2)4-5-12(13)15(17)18/h4-6,11,14,16H,3,7-9H2,1-2H3. The molecule has 0 heterocycles. The van der Waals surface area contributed by atoms with Crippen LogP contribution in [0.4, 0.5) is 5.69 Å². The summed E-state index contributed by atoms with van der Waals surface area (Å²) in [4.78, 5) is 10.4. The van der Waals surface area contributed by atoms with Crippen molar-refractivity contribution in [2.24, 2.45) is 0 Å². The number of nitro benzene ring substituents is 1. The molecule has 0 amide bonds. The molecule has 2 N–H and O–H groups in total. The lowest BCUT2D eigenvalue weighted by molar-refractivity contribution is -0.385. The Kier molecular flexibility index (Phi) is 6.92. The number of benzene rings is 1. The summed E-state index contributed by atoms with van der Waals surface area (Å²) in [7, 11) is 1.79. The third kappa shape index (κ3) is 5.12. The zero-order chi connectivity index (χ0) is 15.0. The molecule has 0 radical (unpaired) electrons. The van der Waals surface area contributed by atoms with Gasteiger partial charge in [0.25, 0.3) is 0 Å². The van der Waals surface area contributed by atoms with Gasteiger partial charge in [0.1, 0.15) is 12.7 Å². The molecule has 1 unspecified atom stereocenters. The minimum atomic E-state index is -0.817. The minimum absolute atomic E-state index is 0.0517. The zero-order valence-electron chi connectivity index (χ0n) is 11.7. The molecule has 0 fully saturated rings. The van der Waals surface area contributed by atoms with Gasteiger partial charge in [-0.1, -0.05) is 6.07 Å². The lowest BCUT2D eigenvalue weighted by Crippen LogP contribution is -2.23. The van der Waals surface area contributed by atoms with Crippen molar-refractivity contribution in [1.29, 1.82) is 0 Å². The number of aliphatic hydroxyl groups is 1. The van der Waals surface area contributed by atoms with E-state index in [1.165, 1.54) is 6.07 Å². The molecule has 0 aliphatic carbocycles. The summed E-state index contributed by atoms with van der Waals surface area (Å²) in [5.41, 5.74) is 0.751. The Balaban J connectivity index is 2.74. The molecular weight excluding hydrogens is 264 g/mol. The largest absolute Gasteiger partial charge is 0.484 e. The van der Waals surface area contributed by atoms with Crippen LogP contribution in [-0.2, 0) is 11.3 Å². The van der Waals surface area contributed by atoms with Gasteiger partial charge >= 0.3 is 5.69 Å². The van der Waals surface area contributed by atoms with Crippen LogP contribution < -0.4 is 10.1 Å².